The molecule has 0 spiro atoms. The van der Waals surface area contributed by atoms with Gasteiger partial charge in [-0.05, 0) is 63.1 Å². The van der Waals surface area contributed by atoms with Gasteiger partial charge in [0.05, 0.1) is 0 Å². The molecule has 2 heteroatoms. The molecule has 0 atom stereocenters. The van der Waals surface area contributed by atoms with Crippen molar-refractivity contribution in [1.29, 1.82) is 0 Å². The van der Waals surface area contributed by atoms with E-state index in [0.29, 0.717) is 0 Å². The Balaban J connectivity index is 2.64. The molecule has 0 aliphatic heterocycles. The van der Waals surface area contributed by atoms with Crippen molar-refractivity contribution in [3.05, 3.63) is 46.8 Å². The molecule has 2 rings (SSSR count). The van der Waals surface area contributed by atoms with Gasteiger partial charge in [0.15, 0.2) is 0 Å². The molecule has 84 valence electrons. The molecule has 0 saturated carbocycles. The molecule has 2 N–H and O–H groups in total. The normalized spacial score (nSPS) is 10.8. The van der Waals surface area contributed by atoms with Crippen LogP contribution in [0.15, 0.2) is 24.3 Å². The Morgan fingerprint density at radius 3 is 1.69 bits per heavy atom. The van der Waals surface area contributed by atoms with Crippen LogP contribution in [-0.4, -0.2) is 4.57 Å². The van der Waals surface area contributed by atoms with Gasteiger partial charge in [0, 0.05) is 22.8 Å². The third-order valence-corrected chi connectivity index (χ3v) is 3.47. The van der Waals surface area contributed by atoms with Crippen molar-refractivity contribution in [2.24, 2.45) is 0 Å². The summed E-state index contributed by atoms with van der Waals surface area (Å²) in [6, 6.07) is 8.01. The van der Waals surface area contributed by atoms with Crippen LogP contribution in [-0.2, 0) is 0 Å². The van der Waals surface area contributed by atoms with Crippen LogP contribution in [0.2, 0.25) is 0 Å². The van der Waals surface area contributed by atoms with E-state index in [1.54, 1.807) is 0 Å². The van der Waals surface area contributed by atoms with Crippen LogP contribution in [0, 0.1) is 27.7 Å². The van der Waals surface area contributed by atoms with Gasteiger partial charge in [0.2, 0.25) is 0 Å². The maximum absolute atomic E-state index is 5.71. The minimum atomic E-state index is 0.805. The fourth-order valence-electron chi connectivity index (χ4n) is 2.14. The smallest absolute Gasteiger partial charge is 0.0456 e. The molecule has 0 aliphatic carbocycles. The summed E-state index contributed by atoms with van der Waals surface area (Å²) >= 11 is 0. The van der Waals surface area contributed by atoms with Crippen molar-refractivity contribution in [3.8, 4) is 5.69 Å². The Morgan fingerprint density at radius 1 is 0.812 bits per heavy atom. The van der Waals surface area contributed by atoms with E-state index in [9.17, 15) is 0 Å². The van der Waals surface area contributed by atoms with E-state index in [2.05, 4.69) is 44.4 Å². The Kier molecular flexibility index (Phi) is 2.50. The van der Waals surface area contributed by atoms with Crippen LogP contribution in [0.4, 0.5) is 5.69 Å². The van der Waals surface area contributed by atoms with Gasteiger partial charge < -0.3 is 10.3 Å². The van der Waals surface area contributed by atoms with Crippen molar-refractivity contribution in [1.82, 2.24) is 4.57 Å². The highest BCUT2D eigenvalue weighted by Crippen LogP contribution is 2.24. The van der Waals surface area contributed by atoms with Crippen molar-refractivity contribution in [2.45, 2.75) is 27.7 Å². The third-order valence-electron chi connectivity index (χ3n) is 3.47. The second kappa shape index (κ2) is 3.71. The van der Waals surface area contributed by atoms with E-state index in [4.69, 9.17) is 5.73 Å². The number of anilines is 1. The number of hydrogen-bond donors (Lipinski definition) is 1. The van der Waals surface area contributed by atoms with Gasteiger partial charge in [-0.2, -0.15) is 0 Å². The quantitative estimate of drug-likeness (QED) is 0.725. The highest BCUT2D eigenvalue weighted by Gasteiger charge is 2.11. The van der Waals surface area contributed by atoms with Gasteiger partial charge in [-0.15, -0.1) is 0 Å². The number of nitrogen functional groups attached to an aromatic ring is 1. The lowest BCUT2D eigenvalue weighted by molar-refractivity contribution is 0.957. The summed E-state index contributed by atoms with van der Waals surface area (Å²) in [7, 11) is 0. The molecule has 16 heavy (non-hydrogen) atoms. The van der Waals surface area contributed by atoms with E-state index in [-0.39, 0.29) is 0 Å². The van der Waals surface area contributed by atoms with Crippen molar-refractivity contribution in [2.75, 3.05) is 5.73 Å². The molecule has 2 nitrogen and oxygen atoms in total. The van der Waals surface area contributed by atoms with Crippen LogP contribution >= 0.6 is 0 Å². The molecule has 1 aromatic carbocycles. The van der Waals surface area contributed by atoms with Crippen molar-refractivity contribution >= 4 is 5.69 Å². The predicted octanol–water partition coefficient (Wildman–Crippen LogP) is 3.29. The lowest BCUT2D eigenvalue weighted by Gasteiger charge is -2.10. The summed E-state index contributed by atoms with van der Waals surface area (Å²) in [4.78, 5) is 0. The Morgan fingerprint density at radius 2 is 1.25 bits per heavy atom. The Labute approximate surface area is 96.7 Å². The minimum absolute atomic E-state index is 0.805. The molecular formula is C14H18N2. The SMILES string of the molecule is Cc1c(C)c(C)n(-c2ccc(N)cc2)c1C. The first kappa shape index (κ1) is 10.8. The minimum Gasteiger partial charge on any atom is -0.399 e. The summed E-state index contributed by atoms with van der Waals surface area (Å²) in [5.74, 6) is 0. The fourth-order valence-corrected chi connectivity index (χ4v) is 2.14. The second-order valence-electron chi connectivity index (χ2n) is 4.35. The van der Waals surface area contributed by atoms with Crippen LogP contribution in [0.25, 0.3) is 5.69 Å². The topological polar surface area (TPSA) is 30.9 Å². The van der Waals surface area contributed by atoms with Crippen molar-refractivity contribution in [3.63, 3.8) is 0 Å². The average Bonchev–Trinajstić information content (AvgIpc) is 2.46. The Hall–Kier alpha value is -1.70. The molecule has 1 aromatic heterocycles. The van der Waals surface area contributed by atoms with Gasteiger partial charge in [0.1, 0.15) is 0 Å². The number of hydrogen-bond acceptors (Lipinski definition) is 1. The molecule has 2 aromatic rings. The van der Waals surface area contributed by atoms with Gasteiger partial charge in [0.25, 0.3) is 0 Å². The summed E-state index contributed by atoms with van der Waals surface area (Å²) in [6.07, 6.45) is 0. The molecule has 0 unspecified atom stereocenters. The second-order valence-corrected chi connectivity index (χ2v) is 4.35. The van der Waals surface area contributed by atoms with E-state index in [1.807, 2.05) is 12.1 Å². The molecule has 0 saturated heterocycles. The number of nitrogens with zero attached hydrogens (tertiary/aromatic N) is 1. The van der Waals surface area contributed by atoms with Crippen LogP contribution in [0.3, 0.4) is 0 Å². The van der Waals surface area contributed by atoms with Crippen LogP contribution < -0.4 is 5.73 Å². The molecule has 0 bridgehead atoms. The number of aromatic nitrogens is 1. The first-order valence-corrected chi connectivity index (χ1v) is 5.53. The fraction of sp³-hybridized carbons (Fsp3) is 0.286. The summed E-state index contributed by atoms with van der Waals surface area (Å²) in [5.41, 5.74) is 13.0. The van der Waals surface area contributed by atoms with Gasteiger partial charge in [-0.1, -0.05) is 0 Å². The lowest BCUT2D eigenvalue weighted by atomic mass is 10.2. The summed E-state index contributed by atoms with van der Waals surface area (Å²) in [5, 5.41) is 0. The zero-order valence-corrected chi connectivity index (χ0v) is 10.3. The number of rotatable bonds is 1. The van der Waals surface area contributed by atoms with E-state index in [0.717, 1.165) is 5.69 Å². The lowest BCUT2D eigenvalue weighted by Crippen LogP contribution is -1.99. The molecule has 0 aliphatic rings. The first-order valence-electron chi connectivity index (χ1n) is 5.53. The van der Waals surface area contributed by atoms with Gasteiger partial charge in [-0.25, -0.2) is 0 Å². The van der Waals surface area contributed by atoms with E-state index < -0.39 is 0 Å². The van der Waals surface area contributed by atoms with Gasteiger partial charge >= 0.3 is 0 Å². The van der Waals surface area contributed by atoms with E-state index in [1.165, 1.54) is 28.2 Å². The van der Waals surface area contributed by atoms with Crippen LogP contribution in [0.5, 0.6) is 0 Å². The third kappa shape index (κ3) is 1.51. The standard InChI is InChI=1S/C14H18N2/c1-9-10(2)12(4)16(11(9)3)14-7-5-13(15)6-8-14/h5-8H,15H2,1-4H3. The summed E-state index contributed by atoms with van der Waals surface area (Å²) in [6.45, 7) is 8.66. The first-order chi connectivity index (χ1) is 7.52. The number of nitrogens with two attached hydrogens (primary N) is 1. The maximum atomic E-state index is 5.71. The van der Waals surface area contributed by atoms with Gasteiger partial charge in [-0.3, -0.25) is 0 Å². The van der Waals surface area contributed by atoms with Crippen molar-refractivity contribution < 1.29 is 0 Å². The van der Waals surface area contributed by atoms with E-state index >= 15 is 0 Å². The predicted molar refractivity (Wildman–Crippen MR) is 69.1 cm³/mol. The highest BCUT2D eigenvalue weighted by molar-refractivity contribution is 5.49. The molecule has 0 radical (unpaired) electrons. The monoisotopic (exact) mass is 214 g/mol. The molecule has 0 fully saturated rings. The molecule has 0 amide bonds. The average molecular weight is 214 g/mol. The number of benzene rings is 1. The maximum Gasteiger partial charge on any atom is 0.0456 e. The largest absolute Gasteiger partial charge is 0.399 e. The van der Waals surface area contributed by atoms with Crippen LogP contribution in [0.1, 0.15) is 22.5 Å². The molecular weight excluding hydrogens is 196 g/mol. The Bertz CT molecular complexity index is 493. The molecule has 1 heterocycles. The zero-order valence-electron chi connectivity index (χ0n) is 10.3. The highest BCUT2D eigenvalue weighted by atomic mass is 15.0. The zero-order chi connectivity index (χ0) is 11.9. The summed E-state index contributed by atoms with van der Waals surface area (Å²) < 4.78 is 2.28.